The van der Waals surface area contributed by atoms with E-state index in [1.54, 1.807) is 0 Å². The highest BCUT2D eigenvalue weighted by molar-refractivity contribution is 5.75. The summed E-state index contributed by atoms with van der Waals surface area (Å²) in [5, 5.41) is 21.6. The van der Waals surface area contributed by atoms with Crippen LogP contribution in [0.3, 0.4) is 0 Å². The predicted octanol–water partition coefficient (Wildman–Crippen LogP) is -0.237. The van der Waals surface area contributed by atoms with Crippen LogP contribution in [0.4, 0.5) is 0 Å². The van der Waals surface area contributed by atoms with Crippen LogP contribution in [0.25, 0.3) is 0 Å². The number of aryl methyl sites for hydroxylation is 1. The number of rotatable bonds is 6. The monoisotopic (exact) mass is 341 g/mol. The molecule has 3 atom stereocenters. The van der Waals surface area contributed by atoms with Crippen LogP contribution < -0.4 is 11.5 Å². The van der Waals surface area contributed by atoms with Crippen molar-refractivity contribution in [3.8, 4) is 0 Å². The van der Waals surface area contributed by atoms with E-state index in [2.05, 4.69) is 17.0 Å². The van der Waals surface area contributed by atoms with Crippen LogP contribution in [0.15, 0.2) is 0 Å². The average Bonchev–Trinajstić information content (AvgIpc) is 2.99. The fourth-order valence-electron chi connectivity index (χ4n) is 2.67. The number of aliphatic hydroxyl groups excluding tert-OH is 1. The zero-order chi connectivity index (χ0) is 18.3. The van der Waals surface area contributed by atoms with Crippen LogP contribution in [-0.2, 0) is 22.6 Å². The lowest BCUT2D eigenvalue weighted by atomic mass is 10.1. The molecule has 0 spiro atoms. The third kappa shape index (κ3) is 6.25. The van der Waals surface area contributed by atoms with Gasteiger partial charge in [0, 0.05) is 25.4 Å². The highest BCUT2D eigenvalue weighted by atomic mass is 16.4. The summed E-state index contributed by atoms with van der Waals surface area (Å²) in [7, 11) is 0. The number of carbonyl (C=O) groups excluding carboxylic acids is 1. The van der Waals surface area contributed by atoms with Gasteiger partial charge in [0.15, 0.2) is 5.82 Å². The molecular formula is C15H27N5O4. The molecule has 6 N–H and O–H groups in total. The zero-order valence-corrected chi connectivity index (χ0v) is 14.2. The van der Waals surface area contributed by atoms with E-state index in [1.165, 1.54) is 0 Å². The lowest BCUT2D eigenvalue weighted by molar-refractivity contribution is -0.134. The van der Waals surface area contributed by atoms with Crippen molar-refractivity contribution in [2.45, 2.75) is 70.6 Å². The Labute approximate surface area is 141 Å². The average molecular weight is 341 g/mol. The van der Waals surface area contributed by atoms with Crippen molar-refractivity contribution in [3.05, 3.63) is 11.6 Å². The van der Waals surface area contributed by atoms with Crippen molar-refractivity contribution < 1.29 is 19.8 Å². The van der Waals surface area contributed by atoms with E-state index in [9.17, 15) is 9.90 Å². The topological polar surface area (TPSA) is 157 Å². The lowest BCUT2D eigenvalue weighted by Gasteiger charge is -2.10. The largest absolute Gasteiger partial charge is 0.481 e. The van der Waals surface area contributed by atoms with Gasteiger partial charge in [-0.05, 0) is 19.3 Å². The van der Waals surface area contributed by atoms with Crippen molar-refractivity contribution in [2.75, 3.05) is 0 Å². The lowest BCUT2D eigenvalue weighted by Crippen LogP contribution is -2.28. The minimum absolute atomic E-state index is 0.0491. The Morgan fingerprint density at radius 1 is 1.38 bits per heavy atom. The van der Waals surface area contributed by atoms with E-state index in [4.69, 9.17) is 21.4 Å². The Balaban J connectivity index is 0.000000648. The van der Waals surface area contributed by atoms with Gasteiger partial charge < -0.3 is 21.7 Å². The first-order valence-corrected chi connectivity index (χ1v) is 8.09. The first-order chi connectivity index (χ1) is 11.2. The normalized spacial score (nSPS) is 22.8. The second kappa shape index (κ2) is 9.33. The number of carbonyl (C=O) groups is 2. The minimum Gasteiger partial charge on any atom is -0.481 e. The van der Waals surface area contributed by atoms with Gasteiger partial charge in [0.1, 0.15) is 5.82 Å². The molecule has 9 heteroatoms. The first kappa shape index (κ1) is 20.0. The molecule has 0 unspecified atom stereocenters. The van der Waals surface area contributed by atoms with Gasteiger partial charge in [0.25, 0.3) is 5.97 Å². The van der Waals surface area contributed by atoms with Crippen LogP contribution in [-0.4, -0.2) is 49.0 Å². The van der Waals surface area contributed by atoms with Crippen LogP contribution in [0.5, 0.6) is 0 Å². The Morgan fingerprint density at radius 2 is 2.00 bits per heavy atom. The molecule has 1 aromatic heterocycles. The van der Waals surface area contributed by atoms with Gasteiger partial charge in [-0.2, -0.15) is 5.10 Å². The molecule has 136 valence electrons. The van der Waals surface area contributed by atoms with Gasteiger partial charge in [-0.15, -0.1) is 0 Å². The van der Waals surface area contributed by atoms with Gasteiger partial charge in [-0.1, -0.05) is 13.3 Å². The third-order valence-corrected chi connectivity index (χ3v) is 3.74. The van der Waals surface area contributed by atoms with Crippen molar-refractivity contribution >= 4 is 11.9 Å². The molecule has 0 radical (unpaired) electrons. The van der Waals surface area contributed by atoms with Gasteiger partial charge in [0.05, 0.1) is 12.5 Å². The number of nitrogens with zero attached hydrogens (tertiary/aromatic N) is 3. The maximum absolute atomic E-state index is 11.0. The fraction of sp³-hybridized carbons (Fsp3) is 0.733. The van der Waals surface area contributed by atoms with Gasteiger partial charge in [0.2, 0.25) is 5.91 Å². The van der Waals surface area contributed by atoms with Gasteiger partial charge in [-0.3, -0.25) is 9.59 Å². The number of aliphatic hydroxyl groups is 1. The maximum Gasteiger partial charge on any atom is 0.300 e. The summed E-state index contributed by atoms with van der Waals surface area (Å²) >= 11 is 0. The molecule has 0 bridgehead atoms. The summed E-state index contributed by atoms with van der Waals surface area (Å²) in [6.45, 7) is 3.95. The smallest absolute Gasteiger partial charge is 0.300 e. The van der Waals surface area contributed by atoms with Crippen molar-refractivity contribution in [3.63, 3.8) is 0 Å². The molecule has 1 heterocycles. The Bertz CT molecular complexity index is 546. The molecule has 1 aromatic rings. The molecule has 1 aliphatic carbocycles. The Morgan fingerprint density at radius 3 is 2.46 bits per heavy atom. The summed E-state index contributed by atoms with van der Waals surface area (Å²) < 4.78 is 1.84. The number of aliphatic carboxylic acids is 1. The van der Waals surface area contributed by atoms with Crippen LogP contribution in [0.1, 0.15) is 57.1 Å². The van der Waals surface area contributed by atoms with E-state index in [0.717, 1.165) is 32.1 Å². The Hall–Kier alpha value is -2.00. The van der Waals surface area contributed by atoms with Gasteiger partial charge in [-0.25, -0.2) is 9.67 Å². The molecule has 0 aliphatic heterocycles. The second-order valence-corrected chi connectivity index (χ2v) is 6.02. The van der Waals surface area contributed by atoms with E-state index in [-0.39, 0.29) is 18.4 Å². The van der Waals surface area contributed by atoms with Crippen LogP contribution in [0, 0.1) is 0 Å². The molecule has 9 nitrogen and oxygen atoms in total. The predicted molar refractivity (Wildman–Crippen MR) is 87.1 cm³/mol. The highest BCUT2D eigenvalue weighted by Crippen LogP contribution is 2.33. The first-order valence-electron chi connectivity index (χ1n) is 8.09. The van der Waals surface area contributed by atoms with Crippen molar-refractivity contribution in [1.82, 2.24) is 14.8 Å². The molecule has 1 aliphatic rings. The molecule has 0 aromatic carbocycles. The Kier molecular flexibility index (Phi) is 7.80. The molecular weight excluding hydrogens is 314 g/mol. The third-order valence-electron chi connectivity index (χ3n) is 3.74. The summed E-state index contributed by atoms with van der Waals surface area (Å²) in [6.07, 6.45) is 2.90. The van der Waals surface area contributed by atoms with E-state index in [1.807, 2.05) is 4.68 Å². The summed E-state index contributed by atoms with van der Waals surface area (Å²) in [5.41, 5.74) is 11.1. The van der Waals surface area contributed by atoms with Crippen LogP contribution >= 0.6 is 0 Å². The highest BCUT2D eigenvalue weighted by Gasteiger charge is 2.34. The molecule has 2 rings (SSSR count). The quantitative estimate of drug-likeness (QED) is 0.556. The van der Waals surface area contributed by atoms with Gasteiger partial charge >= 0.3 is 0 Å². The number of amides is 1. The van der Waals surface area contributed by atoms with E-state index >= 15 is 0 Å². The number of aromatic nitrogens is 3. The number of hydrogen-bond acceptors (Lipinski definition) is 6. The van der Waals surface area contributed by atoms with Crippen molar-refractivity contribution in [2.24, 2.45) is 11.5 Å². The summed E-state index contributed by atoms with van der Waals surface area (Å²) in [4.78, 5) is 24.4. The number of unbranched alkanes of at least 4 members (excludes halogenated alkanes) is 1. The fourth-order valence-corrected chi connectivity index (χ4v) is 2.67. The van der Waals surface area contributed by atoms with E-state index < -0.39 is 18.0 Å². The molecule has 0 saturated heterocycles. The number of carboxylic acids is 1. The number of nitrogens with two attached hydrogens (primary N) is 2. The number of carboxylic acid groups (broad SMARTS) is 1. The molecule has 1 saturated carbocycles. The summed E-state index contributed by atoms with van der Waals surface area (Å²) in [6, 6.07) is -0.212. The molecule has 24 heavy (non-hydrogen) atoms. The van der Waals surface area contributed by atoms with Crippen molar-refractivity contribution in [1.29, 1.82) is 0 Å². The molecule has 1 amide bonds. The van der Waals surface area contributed by atoms with E-state index in [0.29, 0.717) is 18.7 Å². The summed E-state index contributed by atoms with van der Waals surface area (Å²) in [5.74, 6) is 0.110. The standard InChI is InChI=1S/C13H23N5O2.C2H4O2/c1-2-3-4-18-13(8-5-9(14)10(19)6-8)16-12(17-18)7-11(15)20;1-2(3)4/h8-10,19H,2-7,14H2,1H3,(H2,15,20);1H3,(H,3,4)/t8-,9-,10-;/m0./s1. The van der Waals surface area contributed by atoms with Crippen LogP contribution in [0.2, 0.25) is 0 Å². The number of primary amides is 1. The second-order valence-electron chi connectivity index (χ2n) is 6.02. The molecule has 1 fully saturated rings. The number of hydrogen-bond donors (Lipinski definition) is 4. The SMILES string of the molecule is CC(=O)O.CCCCn1nc(CC(N)=O)nc1[C@H]1C[C@H](N)[C@@H](O)C1. The minimum atomic E-state index is -0.833. The maximum atomic E-state index is 11.0. The zero-order valence-electron chi connectivity index (χ0n) is 14.2.